The van der Waals surface area contributed by atoms with Crippen LogP contribution >= 0.6 is 11.6 Å². The van der Waals surface area contributed by atoms with Crippen molar-refractivity contribution in [3.8, 4) is 0 Å². The van der Waals surface area contributed by atoms with Crippen LogP contribution in [0.15, 0.2) is 18.2 Å². The van der Waals surface area contributed by atoms with E-state index in [1.54, 1.807) is 6.92 Å². The van der Waals surface area contributed by atoms with E-state index in [-0.39, 0.29) is 22.5 Å². The SMILES string of the molecule is Cc1nc(Cl)nc(Nc2cc(F)ccc2F)c1N. The van der Waals surface area contributed by atoms with Crippen LogP contribution in [0.2, 0.25) is 5.28 Å². The topological polar surface area (TPSA) is 63.8 Å². The Morgan fingerprint density at radius 1 is 1.28 bits per heavy atom. The van der Waals surface area contributed by atoms with E-state index in [4.69, 9.17) is 17.3 Å². The molecule has 1 aromatic heterocycles. The maximum atomic E-state index is 13.4. The number of benzene rings is 1. The maximum absolute atomic E-state index is 13.4. The summed E-state index contributed by atoms with van der Waals surface area (Å²) < 4.78 is 26.5. The molecule has 0 unspecified atom stereocenters. The zero-order chi connectivity index (χ0) is 13.3. The summed E-state index contributed by atoms with van der Waals surface area (Å²) in [6, 6.07) is 3.02. The molecule has 0 saturated heterocycles. The Kier molecular flexibility index (Phi) is 3.29. The summed E-state index contributed by atoms with van der Waals surface area (Å²) in [4.78, 5) is 7.67. The van der Waals surface area contributed by atoms with E-state index >= 15 is 0 Å². The van der Waals surface area contributed by atoms with Gasteiger partial charge in [0, 0.05) is 6.07 Å². The second-order valence-electron chi connectivity index (χ2n) is 3.59. The Balaban J connectivity index is 2.43. The normalized spacial score (nSPS) is 10.4. The summed E-state index contributed by atoms with van der Waals surface area (Å²) >= 11 is 5.67. The molecular weight excluding hydrogens is 262 g/mol. The molecule has 0 atom stereocenters. The quantitative estimate of drug-likeness (QED) is 0.823. The van der Waals surface area contributed by atoms with E-state index in [9.17, 15) is 8.78 Å². The van der Waals surface area contributed by atoms with Crippen LogP contribution in [-0.4, -0.2) is 9.97 Å². The largest absolute Gasteiger partial charge is 0.394 e. The molecule has 94 valence electrons. The van der Waals surface area contributed by atoms with Gasteiger partial charge in [0.25, 0.3) is 0 Å². The number of hydrogen-bond acceptors (Lipinski definition) is 4. The molecule has 4 nitrogen and oxygen atoms in total. The van der Waals surface area contributed by atoms with Gasteiger partial charge in [0.15, 0.2) is 5.82 Å². The fraction of sp³-hybridized carbons (Fsp3) is 0.0909. The Bertz CT molecular complexity index is 604. The van der Waals surface area contributed by atoms with Crippen LogP contribution in [-0.2, 0) is 0 Å². The van der Waals surface area contributed by atoms with Crippen LogP contribution in [0, 0.1) is 18.6 Å². The third-order valence-corrected chi connectivity index (χ3v) is 2.46. The lowest BCUT2D eigenvalue weighted by atomic mass is 10.3. The van der Waals surface area contributed by atoms with E-state index in [1.165, 1.54) is 0 Å². The minimum atomic E-state index is -0.622. The van der Waals surface area contributed by atoms with Crippen molar-refractivity contribution in [1.29, 1.82) is 0 Å². The van der Waals surface area contributed by atoms with Crippen molar-refractivity contribution in [2.75, 3.05) is 11.1 Å². The molecule has 3 N–H and O–H groups in total. The summed E-state index contributed by atoms with van der Waals surface area (Å²) in [6.45, 7) is 1.63. The lowest BCUT2D eigenvalue weighted by molar-refractivity contribution is 0.603. The second-order valence-corrected chi connectivity index (χ2v) is 3.93. The molecule has 7 heteroatoms. The monoisotopic (exact) mass is 270 g/mol. The highest BCUT2D eigenvalue weighted by Crippen LogP contribution is 2.26. The zero-order valence-corrected chi connectivity index (χ0v) is 10.1. The number of nitrogens with zero attached hydrogens (tertiary/aromatic N) is 2. The third-order valence-electron chi connectivity index (χ3n) is 2.29. The smallest absolute Gasteiger partial charge is 0.224 e. The molecule has 1 heterocycles. The maximum Gasteiger partial charge on any atom is 0.224 e. The summed E-state index contributed by atoms with van der Waals surface area (Å²) in [7, 11) is 0. The number of nitrogens with one attached hydrogen (secondary N) is 1. The highest BCUT2D eigenvalue weighted by atomic mass is 35.5. The minimum absolute atomic E-state index is 0.0268. The molecule has 0 radical (unpaired) electrons. The van der Waals surface area contributed by atoms with Crippen LogP contribution in [0.5, 0.6) is 0 Å². The highest BCUT2D eigenvalue weighted by molar-refractivity contribution is 6.28. The molecule has 0 spiro atoms. The Hall–Kier alpha value is -1.95. The van der Waals surface area contributed by atoms with Gasteiger partial charge >= 0.3 is 0 Å². The minimum Gasteiger partial charge on any atom is -0.394 e. The van der Waals surface area contributed by atoms with Crippen LogP contribution in [0.4, 0.5) is 26.0 Å². The van der Waals surface area contributed by atoms with Gasteiger partial charge in [-0.25, -0.2) is 13.8 Å². The first-order chi connectivity index (χ1) is 8.47. The molecule has 0 aliphatic heterocycles. The van der Waals surface area contributed by atoms with Crippen molar-refractivity contribution in [2.24, 2.45) is 0 Å². The van der Waals surface area contributed by atoms with Gasteiger partial charge in [0.2, 0.25) is 5.28 Å². The van der Waals surface area contributed by atoms with Gasteiger partial charge in [-0.1, -0.05) is 0 Å². The molecular formula is C11H9ClF2N4. The highest BCUT2D eigenvalue weighted by Gasteiger charge is 2.11. The van der Waals surface area contributed by atoms with Crippen molar-refractivity contribution >= 4 is 28.8 Å². The average Bonchev–Trinajstić information content (AvgIpc) is 2.30. The number of aromatic nitrogens is 2. The summed E-state index contributed by atoms with van der Waals surface area (Å²) in [5.41, 5.74) is 6.33. The first-order valence-corrected chi connectivity index (χ1v) is 5.37. The van der Waals surface area contributed by atoms with E-state index in [1.807, 2.05) is 0 Å². The van der Waals surface area contributed by atoms with E-state index in [0.29, 0.717) is 5.69 Å². The molecule has 1 aromatic carbocycles. The van der Waals surface area contributed by atoms with Crippen LogP contribution < -0.4 is 11.1 Å². The summed E-state index contributed by atoms with van der Waals surface area (Å²) in [5, 5.41) is 2.56. The number of hydrogen-bond donors (Lipinski definition) is 2. The molecule has 18 heavy (non-hydrogen) atoms. The Morgan fingerprint density at radius 3 is 2.72 bits per heavy atom. The Morgan fingerprint density at radius 2 is 2.00 bits per heavy atom. The van der Waals surface area contributed by atoms with Crippen molar-refractivity contribution in [3.05, 3.63) is 40.8 Å². The summed E-state index contributed by atoms with van der Waals surface area (Å²) in [6.07, 6.45) is 0. The van der Waals surface area contributed by atoms with Crippen molar-refractivity contribution in [1.82, 2.24) is 9.97 Å². The number of anilines is 3. The van der Waals surface area contributed by atoms with Gasteiger partial charge in [-0.2, -0.15) is 4.98 Å². The zero-order valence-electron chi connectivity index (χ0n) is 9.34. The van der Waals surface area contributed by atoms with E-state index in [0.717, 1.165) is 18.2 Å². The first-order valence-electron chi connectivity index (χ1n) is 4.99. The summed E-state index contributed by atoms with van der Waals surface area (Å²) in [5.74, 6) is -1.06. The number of nitrogen functional groups attached to an aromatic ring is 1. The van der Waals surface area contributed by atoms with Gasteiger partial charge < -0.3 is 11.1 Å². The second kappa shape index (κ2) is 4.73. The van der Waals surface area contributed by atoms with Crippen molar-refractivity contribution < 1.29 is 8.78 Å². The standard InChI is InChI=1S/C11H9ClF2N4/c1-5-9(15)10(18-11(12)16-5)17-8-4-6(13)2-3-7(8)14/h2-4H,15H2,1H3,(H,16,17,18). The van der Waals surface area contributed by atoms with Gasteiger partial charge in [0.05, 0.1) is 17.1 Å². The van der Waals surface area contributed by atoms with Crippen molar-refractivity contribution in [2.45, 2.75) is 6.92 Å². The molecule has 2 aromatic rings. The van der Waals surface area contributed by atoms with Gasteiger partial charge in [-0.3, -0.25) is 0 Å². The number of nitrogens with two attached hydrogens (primary N) is 1. The first kappa shape index (κ1) is 12.5. The van der Waals surface area contributed by atoms with Gasteiger partial charge in [-0.15, -0.1) is 0 Å². The van der Waals surface area contributed by atoms with E-state index in [2.05, 4.69) is 15.3 Å². The van der Waals surface area contributed by atoms with Gasteiger partial charge in [0.1, 0.15) is 11.6 Å². The van der Waals surface area contributed by atoms with Crippen LogP contribution in [0.25, 0.3) is 0 Å². The van der Waals surface area contributed by atoms with Crippen molar-refractivity contribution in [3.63, 3.8) is 0 Å². The predicted molar refractivity (Wildman–Crippen MR) is 65.8 cm³/mol. The van der Waals surface area contributed by atoms with E-state index < -0.39 is 11.6 Å². The number of halogens is 3. The Labute approximate surface area is 107 Å². The lowest BCUT2D eigenvalue weighted by Crippen LogP contribution is -2.05. The number of aryl methyl sites for hydroxylation is 1. The molecule has 2 rings (SSSR count). The molecule has 0 saturated carbocycles. The molecule has 0 fully saturated rings. The average molecular weight is 271 g/mol. The fourth-order valence-electron chi connectivity index (χ4n) is 1.36. The predicted octanol–water partition coefficient (Wildman–Crippen LogP) is 3.04. The molecule has 0 aliphatic rings. The van der Waals surface area contributed by atoms with Gasteiger partial charge in [-0.05, 0) is 30.7 Å². The molecule has 0 amide bonds. The fourth-order valence-corrected chi connectivity index (χ4v) is 1.57. The van der Waals surface area contributed by atoms with Crippen LogP contribution in [0.1, 0.15) is 5.69 Å². The lowest BCUT2D eigenvalue weighted by Gasteiger charge is -2.10. The third kappa shape index (κ3) is 2.48. The van der Waals surface area contributed by atoms with Crippen LogP contribution in [0.3, 0.4) is 0 Å². The number of rotatable bonds is 2. The molecule has 0 aliphatic carbocycles. The molecule has 0 bridgehead atoms.